The Morgan fingerprint density at radius 1 is 1.20 bits per heavy atom. The summed E-state index contributed by atoms with van der Waals surface area (Å²) in [6.45, 7) is 8.79. The van der Waals surface area contributed by atoms with Gasteiger partial charge in [0.1, 0.15) is 5.82 Å². The number of carbonyl (C=O) groups is 1. The molecule has 0 N–H and O–H groups in total. The maximum atomic E-state index is 13.5. The molecule has 0 aromatic heterocycles. The molecule has 0 aliphatic carbocycles. The number of amides is 1. The third-order valence-corrected chi connectivity index (χ3v) is 5.48. The van der Waals surface area contributed by atoms with Crippen molar-refractivity contribution in [3.8, 4) is 0 Å². The minimum atomic E-state index is -0.386. The van der Waals surface area contributed by atoms with E-state index in [1.807, 2.05) is 4.90 Å². The van der Waals surface area contributed by atoms with Crippen LogP contribution in [0.5, 0.6) is 0 Å². The maximum absolute atomic E-state index is 13.5. The molecule has 138 valence electrons. The normalized spacial score (nSPS) is 26.0. The number of hydrogen-bond acceptors (Lipinski definition) is 3. The lowest BCUT2D eigenvalue weighted by atomic mass is 9.95. The molecule has 1 aromatic carbocycles. The van der Waals surface area contributed by atoms with Crippen molar-refractivity contribution in [2.24, 2.45) is 5.92 Å². The van der Waals surface area contributed by atoms with Crippen LogP contribution in [0.25, 0.3) is 0 Å². The van der Waals surface area contributed by atoms with Crippen LogP contribution in [0.3, 0.4) is 0 Å². The summed E-state index contributed by atoms with van der Waals surface area (Å²) in [5, 5.41) is 0. The predicted molar refractivity (Wildman–Crippen MR) is 99.2 cm³/mol. The second kappa shape index (κ2) is 8.14. The van der Waals surface area contributed by atoms with Crippen molar-refractivity contribution in [2.45, 2.75) is 38.9 Å². The van der Waals surface area contributed by atoms with Crippen LogP contribution in [0.2, 0.25) is 0 Å². The minimum absolute atomic E-state index is 0.0766. The highest BCUT2D eigenvalue weighted by molar-refractivity contribution is 9.10. The fraction of sp³-hybridized carbons (Fsp3) is 0.632. The van der Waals surface area contributed by atoms with Crippen molar-refractivity contribution < 1.29 is 13.9 Å². The molecule has 2 saturated heterocycles. The van der Waals surface area contributed by atoms with E-state index in [4.69, 9.17) is 4.74 Å². The second-order valence-electron chi connectivity index (χ2n) is 7.37. The van der Waals surface area contributed by atoms with Crippen molar-refractivity contribution in [3.05, 3.63) is 34.1 Å². The van der Waals surface area contributed by atoms with E-state index in [0.29, 0.717) is 16.0 Å². The molecule has 2 unspecified atom stereocenters. The molecule has 2 atom stereocenters. The molecular formula is C19H26BrFN2O2. The van der Waals surface area contributed by atoms with Crippen molar-refractivity contribution in [1.82, 2.24) is 9.80 Å². The molecule has 2 aliphatic heterocycles. The van der Waals surface area contributed by atoms with Crippen molar-refractivity contribution in [3.63, 3.8) is 0 Å². The summed E-state index contributed by atoms with van der Waals surface area (Å²) in [6.07, 6.45) is 2.58. The summed E-state index contributed by atoms with van der Waals surface area (Å²) in [4.78, 5) is 16.9. The Labute approximate surface area is 157 Å². The molecule has 25 heavy (non-hydrogen) atoms. The van der Waals surface area contributed by atoms with Gasteiger partial charge in [-0.2, -0.15) is 0 Å². The molecule has 0 spiro atoms. The standard InChI is InChI=1S/C19H26BrFN2O2/c1-13-10-22(11-14(2)25-13)12-15-3-5-23(6-4-15)19(24)16-7-17(20)9-18(21)8-16/h7-9,13-15H,3-6,10-12H2,1-2H3. The van der Waals surface area contributed by atoms with Gasteiger partial charge in [0, 0.05) is 42.8 Å². The number of hydrogen-bond donors (Lipinski definition) is 0. The number of likely N-dealkylation sites (tertiary alicyclic amines) is 1. The third-order valence-electron chi connectivity index (χ3n) is 5.02. The highest BCUT2D eigenvalue weighted by Crippen LogP contribution is 2.23. The third kappa shape index (κ3) is 5.02. The molecule has 1 aromatic rings. The summed E-state index contributed by atoms with van der Waals surface area (Å²) >= 11 is 3.25. The Kier molecular flexibility index (Phi) is 6.12. The maximum Gasteiger partial charge on any atom is 0.253 e. The highest BCUT2D eigenvalue weighted by atomic mass is 79.9. The molecule has 4 nitrogen and oxygen atoms in total. The molecule has 3 rings (SSSR count). The van der Waals surface area contributed by atoms with E-state index in [9.17, 15) is 9.18 Å². The molecule has 0 radical (unpaired) electrons. The highest BCUT2D eigenvalue weighted by Gasteiger charge is 2.28. The molecule has 2 aliphatic rings. The van der Waals surface area contributed by atoms with Gasteiger partial charge in [0.25, 0.3) is 5.91 Å². The molecule has 2 heterocycles. The largest absolute Gasteiger partial charge is 0.373 e. The first kappa shape index (κ1) is 18.8. The first-order valence-corrected chi connectivity index (χ1v) is 9.83. The zero-order valence-electron chi connectivity index (χ0n) is 14.9. The molecule has 2 fully saturated rings. The zero-order valence-corrected chi connectivity index (χ0v) is 16.5. The van der Waals surface area contributed by atoms with Crippen molar-refractivity contribution in [1.29, 1.82) is 0 Å². The van der Waals surface area contributed by atoms with Crippen LogP contribution in [0.1, 0.15) is 37.0 Å². The van der Waals surface area contributed by atoms with Crippen LogP contribution in [0.4, 0.5) is 4.39 Å². The lowest BCUT2D eigenvalue weighted by molar-refractivity contribution is -0.0728. The van der Waals surface area contributed by atoms with Crippen LogP contribution < -0.4 is 0 Å². The van der Waals surface area contributed by atoms with Gasteiger partial charge in [-0.05, 0) is 50.8 Å². The Bertz CT molecular complexity index is 589. The van der Waals surface area contributed by atoms with E-state index in [-0.39, 0.29) is 23.9 Å². The lowest BCUT2D eigenvalue weighted by Gasteiger charge is -2.39. The van der Waals surface area contributed by atoms with Gasteiger partial charge in [0.15, 0.2) is 0 Å². The zero-order chi connectivity index (χ0) is 18.0. The molecule has 6 heteroatoms. The smallest absolute Gasteiger partial charge is 0.253 e. The number of carbonyl (C=O) groups excluding carboxylic acids is 1. The summed E-state index contributed by atoms with van der Waals surface area (Å²) in [7, 11) is 0. The Balaban J connectivity index is 1.52. The van der Waals surface area contributed by atoms with Crippen LogP contribution >= 0.6 is 15.9 Å². The van der Waals surface area contributed by atoms with Crippen molar-refractivity contribution in [2.75, 3.05) is 32.7 Å². The van der Waals surface area contributed by atoms with Crippen LogP contribution in [-0.2, 0) is 4.74 Å². The van der Waals surface area contributed by atoms with E-state index in [0.717, 1.165) is 45.6 Å². The Hall–Kier alpha value is -0.980. The number of piperidine rings is 1. The average molecular weight is 413 g/mol. The fourth-order valence-corrected chi connectivity index (χ4v) is 4.44. The van der Waals surface area contributed by atoms with E-state index >= 15 is 0 Å². The topological polar surface area (TPSA) is 32.8 Å². The van der Waals surface area contributed by atoms with Gasteiger partial charge in [0.2, 0.25) is 0 Å². The molecule has 1 amide bonds. The molecule has 0 saturated carbocycles. The van der Waals surface area contributed by atoms with E-state index in [1.54, 1.807) is 6.07 Å². The van der Waals surface area contributed by atoms with Gasteiger partial charge in [0.05, 0.1) is 12.2 Å². The number of halogens is 2. The predicted octanol–water partition coefficient (Wildman–Crippen LogP) is 3.55. The molecular weight excluding hydrogens is 387 g/mol. The van der Waals surface area contributed by atoms with Gasteiger partial charge in [-0.15, -0.1) is 0 Å². The lowest BCUT2D eigenvalue weighted by Crippen LogP contribution is -2.48. The van der Waals surface area contributed by atoms with Crippen molar-refractivity contribution >= 4 is 21.8 Å². The number of rotatable bonds is 3. The van der Waals surface area contributed by atoms with Crippen LogP contribution in [0.15, 0.2) is 22.7 Å². The average Bonchev–Trinajstić information content (AvgIpc) is 2.53. The summed E-state index contributed by atoms with van der Waals surface area (Å²) in [5.41, 5.74) is 0.418. The SMILES string of the molecule is CC1CN(CC2CCN(C(=O)c3cc(F)cc(Br)c3)CC2)CC(C)O1. The van der Waals surface area contributed by atoms with Gasteiger partial charge in [-0.25, -0.2) is 4.39 Å². The van der Waals surface area contributed by atoms with E-state index in [2.05, 4.69) is 34.7 Å². The molecule has 0 bridgehead atoms. The van der Waals surface area contributed by atoms with Crippen LogP contribution in [0, 0.1) is 11.7 Å². The number of ether oxygens (including phenoxy) is 1. The summed E-state index contributed by atoms with van der Waals surface area (Å²) < 4.78 is 19.9. The number of nitrogens with zero attached hydrogens (tertiary/aromatic N) is 2. The Morgan fingerprint density at radius 3 is 2.44 bits per heavy atom. The first-order valence-electron chi connectivity index (χ1n) is 9.04. The monoisotopic (exact) mass is 412 g/mol. The van der Waals surface area contributed by atoms with E-state index in [1.165, 1.54) is 12.1 Å². The summed E-state index contributed by atoms with van der Waals surface area (Å²) in [6, 6.07) is 4.37. The summed E-state index contributed by atoms with van der Waals surface area (Å²) in [5.74, 6) is 0.149. The van der Waals surface area contributed by atoms with Gasteiger partial charge in [-0.1, -0.05) is 15.9 Å². The first-order chi connectivity index (χ1) is 11.9. The van der Waals surface area contributed by atoms with Gasteiger partial charge < -0.3 is 9.64 Å². The Morgan fingerprint density at radius 2 is 1.84 bits per heavy atom. The van der Waals surface area contributed by atoms with E-state index < -0.39 is 0 Å². The number of benzene rings is 1. The second-order valence-corrected chi connectivity index (χ2v) is 8.29. The number of morpholine rings is 1. The minimum Gasteiger partial charge on any atom is -0.373 e. The van der Waals surface area contributed by atoms with Crippen LogP contribution in [-0.4, -0.2) is 60.6 Å². The van der Waals surface area contributed by atoms with Gasteiger partial charge in [-0.3, -0.25) is 9.69 Å². The quantitative estimate of drug-likeness (QED) is 0.760. The fourth-order valence-electron chi connectivity index (χ4n) is 3.98. The van der Waals surface area contributed by atoms with Gasteiger partial charge >= 0.3 is 0 Å².